The van der Waals surface area contributed by atoms with Crippen LogP contribution in [0.2, 0.25) is 0 Å². The van der Waals surface area contributed by atoms with Crippen molar-refractivity contribution in [2.45, 2.75) is 26.8 Å². The number of para-hydroxylation sites is 1. The van der Waals surface area contributed by atoms with Crippen molar-refractivity contribution < 1.29 is 23.8 Å². The number of aromatic nitrogens is 1. The standard InChI is InChI=1S/C30H29N3O6S/c1-6-15-32-20-12-10-9-11-19(20)24(27(32)34)26-28(35)33-25(18-13-14-21(37-5)22(16-18)38-7-2)23(29(36)39-8-3)17(4)31-30(33)40-26/h6,9-14,16,25H,1,7-8,15H2,2-5H3/b26-24+/t25-/m0/s1. The number of thiazole rings is 1. The molecule has 9 nitrogen and oxygen atoms in total. The number of ether oxygens (including phenoxy) is 3. The summed E-state index contributed by atoms with van der Waals surface area (Å²) in [6.45, 7) is 9.93. The summed E-state index contributed by atoms with van der Waals surface area (Å²) in [5, 5.41) is 0. The van der Waals surface area contributed by atoms with Gasteiger partial charge >= 0.3 is 5.97 Å². The molecular weight excluding hydrogens is 530 g/mol. The number of anilines is 1. The van der Waals surface area contributed by atoms with E-state index in [2.05, 4.69) is 11.6 Å². The van der Waals surface area contributed by atoms with Crippen LogP contribution < -0.4 is 29.3 Å². The van der Waals surface area contributed by atoms with Gasteiger partial charge in [0.05, 0.1) is 48.9 Å². The van der Waals surface area contributed by atoms with Gasteiger partial charge in [-0.05, 0) is 44.5 Å². The van der Waals surface area contributed by atoms with Gasteiger partial charge in [-0.3, -0.25) is 14.2 Å². The number of hydrogen-bond acceptors (Lipinski definition) is 8. The van der Waals surface area contributed by atoms with E-state index in [4.69, 9.17) is 14.2 Å². The van der Waals surface area contributed by atoms with Crippen molar-refractivity contribution in [3.63, 3.8) is 0 Å². The molecule has 0 N–H and O–H groups in total. The van der Waals surface area contributed by atoms with Crippen LogP contribution in [0.5, 0.6) is 11.5 Å². The highest BCUT2D eigenvalue weighted by molar-refractivity contribution is 7.07. The molecule has 2 aromatic carbocycles. The molecule has 0 saturated carbocycles. The Balaban J connectivity index is 1.81. The molecule has 1 aromatic heterocycles. The number of nitrogens with zero attached hydrogens (tertiary/aromatic N) is 3. The fraction of sp³-hybridized carbons (Fsp3) is 0.267. The van der Waals surface area contributed by atoms with Crippen molar-refractivity contribution in [1.82, 2.24) is 4.57 Å². The summed E-state index contributed by atoms with van der Waals surface area (Å²) in [6.07, 6.45) is 1.65. The van der Waals surface area contributed by atoms with Crippen molar-refractivity contribution in [3.8, 4) is 11.5 Å². The smallest absolute Gasteiger partial charge is 0.338 e. The van der Waals surface area contributed by atoms with Crippen LogP contribution in [0.3, 0.4) is 0 Å². The first-order valence-electron chi connectivity index (χ1n) is 12.9. The summed E-state index contributed by atoms with van der Waals surface area (Å²) in [6, 6.07) is 11.8. The zero-order valence-corrected chi connectivity index (χ0v) is 23.5. The van der Waals surface area contributed by atoms with Crippen LogP contribution in [-0.2, 0) is 14.3 Å². The Morgan fingerprint density at radius 1 is 1.12 bits per heavy atom. The van der Waals surface area contributed by atoms with Crippen LogP contribution in [0.1, 0.15) is 37.9 Å². The molecular formula is C30H29N3O6S. The zero-order valence-electron chi connectivity index (χ0n) is 22.7. The zero-order chi connectivity index (χ0) is 28.6. The number of esters is 1. The number of allylic oxidation sites excluding steroid dienone is 1. The highest BCUT2D eigenvalue weighted by Gasteiger charge is 2.37. The second-order valence-electron chi connectivity index (χ2n) is 9.06. The Morgan fingerprint density at radius 3 is 2.60 bits per heavy atom. The summed E-state index contributed by atoms with van der Waals surface area (Å²) in [4.78, 5) is 47.7. The summed E-state index contributed by atoms with van der Waals surface area (Å²) >= 11 is 1.13. The molecule has 2 aliphatic heterocycles. The maximum absolute atomic E-state index is 14.2. The average molecular weight is 560 g/mol. The van der Waals surface area contributed by atoms with Crippen molar-refractivity contribution in [3.05, 3.63) is 97.2 Å². The highest BCUT2D eigenvalue weighted by Crippen LogP contribution is 2.37. The van der Waals surface area contributed by atoms with Crippen LogP contribution in [-0.4, -0.2) is 43.3 Å². The van der Waals surface area contributed by atoms with Gasteiger partial charge in [0.15, 0.2) is 16.3 Å². The third kappa shape index (κ3) is 4.34. The molecule has 10 heteroatoms. The van der Waals surface area contributed by atoms with Gasteiger partial charge in [0, 0.05) is 12.1 Å². The lowest BCUT2D eigenvalue weighted by Gasteiger charge is -2.25. The van der Waals surface area contributed by atoms with Crippen molar-refractivity contribution in [2.24, 2.45) is 4.99 Å². The molecule has 2 aliphatic rings. The molecule has 40 heavy (non-hydrogen) atoms. The van der Waals surface area contributed by atoms with Gasteiger partial charge in [-0.25, -0.2) is 9.79 Å². The molecule has 206 valence electrons. The lowest BCUT2D eigenvalue weighted by Crippen LogP contribution is -2.41. The maximum atomic E-state index is 14.2. The van der Waals surface area contributed by atoms with Crippen molar-refractivity contribution in [1.29, 1.82) is 0 Å². The van der Waals surface area contributed by atoms with E-state index in [1.54, 1.807) is 50.1 Å². The Labute approximate surface area is 234 Å². The summed E-state index contributed by atoms with van der Waals surface area (Å²) < 4.78 is 18.4. The Bertz CT molecular complexity index is 1750. The van der Waals surface area contributed by atoms with Gasteiger partial charge in [0.1, 0.15) is 4.53 Å². The van der Waals surface area contributed by atoms with Crippen LogP contribution in [0.25, 0.3) is 5.57 Å². The molecule has 0 unspecified atom stereocenters. The topological polar surface area (TPSA) is 99.4 Å². The first-order valence-corrected chi connectivity index (χ1v) is 13.7. The number of rotatable bonds is 8. The van der Waals surface area contributed by atoms with E-state index in [1.807, 2.05) is 31.2 Å². The third-order valence-electron chi connectivity index (χ3n) is 6.76. The molecule has 0 radical (unpaired) electrons. The van der Waals surface area contributed by atoms with E-state index in [1.165, 1.54) is 4.57 Å². The minimum absolute atomic E-state index is 0.161. The van der Waals surface area contributed by atoms with Gasteiger partial charge in [-0.15, -0.1) is 6.58 Å². The van der Waals surface area contributed by atoms with E-state index in [0.717, 1.165) is 11.3 Å². The molecule has 5 rings (SSSR count). The van der Waals surface area contributed by atoms with Gasteiger partial charge < -0.3 is 19.1 Å². The predicted molar refractivity (Wildman–Crippen MR) is 152 cm³/mol. The summed E-state index contributed by atoms with van der Waals surface area (Å²) in [5.74, 6) is 0.145. The molecule has 0 aliphatic carbocycles. The van der Waals surface area contributed by atoms with Gasteiger partial charge in [-0.1, -0.05) is 41.7 Å². The fourth-order valence-electron chi connectivity index (χ4n) is 5.10. The average Bonchev–Trinajstić information content (AvgIpc) is 3.40. The fourth-order valence-corrected chi connectivity index (χ4v) is 6.24. The number of fused-ring (bicyclic) bond motifs is 2. The molecule has 1 amide bonds. The summed E-state index contributed by atoms with van der Waals surface area (Å²) in [5.41, 5.74) is 2.56. The van der Waals surface area contributed by atoms with Gasteiger partial charge in [-0.2, -0.15) is 0 Å². The van der Waals surface area contributed by atoms with Crippen molar-refractivity contribution >= 4 is 34.5 Å². The molecule has 0 saturated heterocycles. The van der Waals surface area contributed by atoms with Crippen LogP contribution in [0.4, 0.5) is 5.69 Å². The number of carbonyl (C=O) groups excluding carboxylic acids is 2. The summed E-state index contributed by atoms with van der Waals surface area (Å²) in [7, 11) is 1.54. The van der Waals surface area contributed by atoms with Crippen LogP contribution >= 0.6 is 11.3 Å². The van der Waals surface area contributed by atoms with E-state index >= 15 is 0 Å². The van der Waals surface area contributed by atoms with Crippen LogP contribution in [0.15, 0.2) is 76.2 Å². The Hall–Kier alpha value is -4.44. The Kier molecular flexibility index (Phi) is 7.44. The number of benzene rings is 2. The Morgan fingerprint density at radius 2 is 1.90 bits per heavy atom. The minimum atomic E-state index is -0.856. The van der Waals surface area contributed by atoms with E-state index in [0.29, 0.717) is 57.5 Å². The lowest BCUT2D eigenvalue weighted by molar-refractivity contribution is -0.139. The van der Waals surface area contributed by atoms with E-state index in [-0.39, 0.29) is 22.6 Å². The highest BCUT2D eigenvalue weighted by atomic mass is 32.1. The maximum Gasteiger partial charge on any atom is 0.338 e. The molecule has 3 heterocycles. The number of hydrogen-bond donors (Lipinski definition) is 0. The lowest BCUT2D eigenvalue weighted by atomic mass is 9.95. The largest absolute Gasteiger partial charge is 0.493 e. The molecule has 0 bridgehead atoms. The first-order chi connectivity index (χ1) is 19.4. The van der Waals surface area contributed by atoms with E-state index < -0.39 is 17.6 Å². The minimum Gasteiger partial charge on any atom is -0.493 e. The number of carbonyl (C=O) groups is 2. The molecule has 3 aromatic rings. The monoisotopic (exact) mass is 559 g/mol. The molecule has 0 fully saturated rings. The number of amides is 1. The number of methoxy groups -OCH3 is 1. The molecule has 1 atom stereocenters. The second kappa shape index (κ2) is 11.0. The quantitative estimate of drug-likeness (QED) is 0.311. The van der Waals surface area contributed by atoms with E-state index in [9.17, 15) is 14.4 Å². The first kappa shape index (κ1) is 27.1. The predicted octanol–water partition coefficient (Wildman–Crippen LogP) is 3.11. The van der Waals surface area contributed by atoms with Gasteiger partial charge in [0.2, 0.25) is 0 Å². The second-order valence-corrected chi connectivity index (χ2v) is 10.0. The van der Waals surface area contributed by atoms with Crippen LogP contribution in [0, 0.1) is 0 Å². The normalized spacial score (nSPS) is 17.2. The van der Waals surface area contributed by atoms with Crippen molar-refractivity contribution in [2.75, 3.05) is 31.8 Å². The SMILES string of the molecule is C=CCN1C(=O)/C(=c2/sc3n(c2=O)[C@@H](c2ccc(OC)c(OCC)c2)C(C(=O)OCC)=C(C)N=3)c2ccccc21. The van der Waals surface area contributed by atoms with Gasteiger partial charge in [0.25, 0.3) is 11.5 Å². The third-order valence-corrected chi connectivity index (χ3v) is 7.81. The molecule has 0 spiro atoms.